The molecular weight excluding hydrogens is 252 g/mol. The highest BCUT2D eigenvalue weighted by Gasteiger charge is 2.28. The molecule has 108 valence electrons. The number of piperidine rings is 1. The van der Waals surface area contributed by atoms with Crippen LogP contribution in [0.1, 0.15) is 31.7 Å². The van der Waals surface area contributed by atoms with Crippen LogP contribution >= 0.6 is 0 Å². The summed E-state index contributed by atoms with van der Waals surface area (Å²) in [5.41, 5.74) is 1.28. The Bertz CT molecular complexity index is 459. The fourth-order valence-electron chi connectivity index (χ4n) is 2.62. The minimum absolute atomic E-state index is 0.0137. The third-order valence-corrected chi connectivity index (χ3v) is 3.63. The molecule has 0 aromatic heterocycles. The Hall–Kier alpha value is -1.84. The van der Waals surface area contributed by atoms with Gasteiger partial charge in [-0.1, -0.05) is 30.3 Å². The van der Waals surface area contributed by atoms with Gasteiger partial charge in [0.1, 0.15) is 0 Å². The normalized spacial score (nSPS) is 22.1. The van der Waals surface area contributed by atoms with E-state index in [1.807, 2.05) is 25.1 Å². The highest BCUT2D eigenvalue weighted by Crippen LogP contribution is 2.16. The Morgan fingerprint density at radius 1 is 1.35 bits per heavy atom. The first-order valence-electron chi connectivity index (χ1n) is 7.26. The quantitative estimate of drug-likeness (QED) is 0.802. The molecular formula is C16H22N2O2. The van der Waals surface area contributed by atoms with E-state index in [1.54, 1.807) is 0 Å². The molecule has 0 aliphatic carbocycles. The number of nitrogens with one attached hydrogen (secondary N) is 2. The second-order valence-corrected chi connectivity index (χ2v) is 5.49. The molecule has 2 amide bonds. The van der Waals surface area contributed by atoms with Crippen LogP contribution < -0.4 is 10.6 Å². The minimum atomic E-state index is -0.171. The van der Waals surface area contributed by atoms with Crippen molar-refractivity contribution in [2.75, 3.05) is 6.54 Å². The van der Waals surface area contributed by atoms with E-state index in [1.165, 1.54) is 5.56 Å². The van der Waals surface area contributed by atoms with E-state index < -0.39 is 0 Å². The van der Waals surface area contributed by atoms with E-state index in [4.69, 9.17) is 0 Å². The Balaban J connectivity index is 1.68. The molecule has 20 heavy (non-hydrogen) atoms. The van der Waals surface area contributed by atoms with E-state index >= 15 is 0 Å². The monoisotopic (exact) mass is 274 g/mol. The van der Waals surface area contributed by atoms with Gasteiger partial charge in [0.05, 0.1) is 0 Å². The summed E-state index contributed by atoms with van der Waals surface area (Å²) in [6, 6.07) is 10.3. The standard InChI is InChI=1S/C16H22N2O2/c1-12-10-14(11-15(19)18-12)16(20)17-9-5-8-13-6-3-2-4-7-13/h2-4,6-7,12,14H,5,8-11H2,1H3,(H,17,20)(H,18,19)/t12-,14+/m0/s1. The van der Waals surface area contributed by atoms with E-state index in [9.17, 15) is 9.59 Å². The van der Waals surface area contributed by atoms with E-state index in [0.29, 0.717) is 13.0 Å². The Kier molecular flexibility index (Phi) is 5.16. The molecule has 2 atom stereocenters. The Labute approximate surface area is 119 Å². The molecule has 1 aliphatic rings. The second-order valence-electron chi connectivity index (χ2n) is 5.49. The van der Waals surface area contributed by atoms with Gasteiger partial charge in [0.15, 0.2) is 0 Å². The molecule has 1 aromatic carbocycles. The first kappa shape index (κ1) is 14.6. The molecule has 1 aliphatic heterocycles. The summed E-state index contributed by atoms with van der Waals surface area (Å²) in [6.07, 6.45) is 2.93. The number of benzene rings is 1. The lowest BCUT2D eigenvalue weighted by atomic mass is 9.92. The zero-order valence-electron chi connectivity index (χ0n) is 11.9. The lowest BCUT2D eigenvalue weighted by molar-refractivity contribution is -0.133. The highest BCUT2D eigenvalue weighted by atomic mass is 16.2. The second kappa shape index (κ2) is 7.08. The smallest absolute Gasteiger partial charge is 0.223 e. The zero-order valence-corrected chi connectivity index (χ0v) is 11.9. The summed E-state index contributed by atoms with van der Waals surface area (Å²) >= 11 is 0. The fourth-order valence-corrected chi connectivity index (χ4v) is 2.62. The SMILES string of the molecule is C[C@H]1C[C@@H](C(=O)NCCCc2ccccc2)CC(=O)N1. The number of amides is 2. The lowest BCUT2D eigenvalue weighted by Gasteiger charge is -2.26. The van der Waals surface area contributed by atoms with Gasteiger partial charge in [-0.25, -0.2) is 0 Å². The molecule has 4 heteroatoms. The van der Waals surface area contributed by atoms with E-state index in [0.717, 1.165) is 19.3 Å². The number of hydrogen-bond acceptors (Lipinski definition) is 2. The molecule has 1 saturated heterocycles. The predicted octanol–water partition coefficient (Wildman–Crippen LogP) is 1.65. The van der Waals surface area contributed by atoms with Crippen LogP contribution in [-0.2, 0) is 16.0 Å². The molecule has 4 nitrogen and oxygen atoms in total. The summed E-state index contributed by atoms with van der Waals surface area (Å²) < 4.78 is 0. The summed E-state index contributed by atoms with van der Waals surface area (Å²) in [5.74, 6) is -0.177. The first-order chi connectivity index (χ1) is 9.65. The van der Waals surface area contributed by atoms with Crippen molar-refractivity contribution in [2.45, 2.75) is 38.6 Å². The third-order valence-electron chi connectivity index (χ3n) is 3.63. The molecule has 0 unspecified atom stereocenters. The Morgan fingerprint density at radius 2 is 2.10 bits per heavy atom. The van der Waals surface area contributed by atoms with Crippen LogP contribution in [0.5, 0.6) is 0 Å². The van der Waals surface area contributed by atoms with Gasteiger partial charge in [-0.15, -0.1) is 0 Å². The van der Waals surface area contributed by atoms with Crippen LogP contribution in [0.3, 0.4) is 0 Å². The van der Waals surface area contributed by atoms with Crippen LogP contribution in [0.4, 0.5) is 0 Å². The van der Waals surface area contributed by atoms with Crippen LogP contribution in [0.15, 0.2) is 30.3 Å². The zero-order chi connectivity index (χ0) is 14.4. The van der Waals surface area contributed by atoms with E-state index in [2.05, 4.69) is 22.8 Å². The van der Waals surface area contributed by atoms with Crippen molar-refractivity contribution in [3.05, 3.63) is 35.9 Å². The summed E-state index contributed by atoms with van der Waals surface area (Å²) in [7, 11) is 0. The van der Waals surface area contributed by atoms with Gasteiger partial charge < -0.3 is 10.6 Å². The molecule has 1 aromatic rings. The summed E-state index contributed by atoms with van der Waals surface area (Å²) in [6.45, 7) is 2.60. The summed E-state index contributed by atoms with van der Waals surface area (Å²) in [4.78, 5) is 23.4. The fraction of sp³-hybridized carbons (Fsp3) is 0.500. The number of carbonyl (C=O) groups is 2. The van der Waals surface area contributed by atoms with Crippen molar-refractivity contribution in [3.8, 4) is 0 Å². The highest BCUT2D eigenvalue weighted by molar-refractivity contribution is 5.87. The average molecular weight is 274 g/mol. The summed E-state index contributed by atoms with van der Waals surface area (Å²) in [5, 5.41) is 5.78. The molecule has 1 heterocycles. The molecule has 1 fully saturated rings. The van der Waals surface area contributed by atoms with Gasteiger partial charge in [-0.05, 0) is 31.7 Å². The molecule has 0 bridgehead atoms. The maximum absolute atomic E-state index is 12.0. The van der Waals surface area contributed by atoms with Crippen LogP contribution in [-0.4, -0.2) is 24.4 Å². The number of carbonyl (C=O) groups excluding carboxylic acids is 2. The van der Waals surface area contributed by atoms with Gasteiger partial charge >= 0.3 is 0 Å². The largest absolute Gasteiger partial charge is 0.356 e. The van der Waals surface area contributed by atoms with Crippen molar-refractivity contribution in [3.63, 3.8) is 0 Å². The van der Waals surface area contributed by atoms with Crippen molar-refractivity contribution >= 4 is 11.8 Å². The molecule has 0 saturated carbocycles. The number of aryl methyl sites for hydroxylation is 1. The average Bonchev–Trinajstić information content (AvgIpc) is 2.43. The Morgan fingerprint density at radius 3 is 2.80 bits per heavy atom. The first-order valence-corrected chi connectivity index (χ1v) is 7.26. The van der Waals surface area contributed by atoms with Gasteiger partial charge in [-0.3, -0.25) is 9.59 Å². The number of hydrogen-bond donors (Lipinski definition) is 2. The van der Waals surface area contributed by atoms with Crippen LogP contribution in [0.2, 0.25) is 0 Å². The van der Waals surface area contributed by atoms with Gasteiger partial charge in [0.25, 0.3) is 0 Å². The maximum atomic E-state index is 12.0. The van der Waals surface area contributed by atoms with E-state index in [-0.39, 0.29) is 23.8 Å². The molecule has 2 N–H and O–H groups in total. The van der Waals surface area contributed by atoms with Gasteiger partial charge in [0.2, 0.25) is 11.8 Å². The van der Waals surface area contributed by atoms with Crippen LogP contribution in [0, 0.1) is 5.92 Å². The topological polar surface area (TPSA) is 58.2 Å². The molecule has 2 rings (SSSR count). The predicted molar refractivity (Wildman–Crippen MR) is 78.1 cm³/mol. The van der Waals surface area contributed by atoms with Gasteiger partial charge in [0, 0.05) is 24.9 Å². The number of rotatable bonds is 5. The van der Waals surface area contributed by atoms with Crippen molar-refractivity contribution in [2.24, 2.45) is 5.92 Å². The van der Waals surface area contributed by atoms with Crippen molar-refractivity contribution in [1.82, 2.24) is 10.6 Å². The molecule has 0 radical (unpaired) electrons. The van der Waals surface area contributed by atoms with Gasteiger partial charge in [-0.2, -0.15) is 0 Å². The third kappa shape index (κ3) is 4.37. The van der Waals surface area contributed by atoms with Crippen molar-refractivity contribution in [1.29, 1.82) is 0 Å². The minimum Gasteiger partial charge on any atom is -0.356 e. The van der Waals surface area contributed by atoms with Crippen molar-refractivity contribution < 1.29 is 9.59 Å². The van der Waals surface area contributed by atoms with Crippen LogP contribution in [0.25, 0.3) is 0 Å². The maximum Gasteiger partial charge on any atom is 0.223 e. The lowest BCUT2D eigenvalue weighted by Crippen LogP contribution is -2.45. The molecule has 0 spiro atoms.